The fraction of sp³-hybridized carbons (Fsp3) is 0.375. The molecule has 2 aromatic carbocycles. The van der Waals surface area contributed by atoms with Crippen LogP contribution in [0.3, 0.4) is 0 Å². The van der Waals surface area contributed by atoms with Gasteiger partial charge in [0.25, 0.3) is 0 Å². The van der Waals surface area contributed by atoms with Gasteiger partial charge in [-0.25, -0.2) is 8.42 Å². The Balaban J connectivity index is 1.79. The van der Waals surface area contributed by atoms with Crippen LogP contribution in [0.1, 0.15) is 44.7 Å². The molecule has 0 aliphatic heterocycles. The van der Waals surface area contributed by atoms with E-state index in [-0.39, 0.29) is 23.5 Å². The number of sulfonamides is 1. The molecule has 33 heavy (non-hydrogen) atoms. The minimum absolute atomic E-state index is 0.00270. The molecule has 0 bridgehead atoms. The Hall–Kier alpha value is -3.12. The van der Waals surface area contributed by atoms with Crippen LogP contribution in [-0.2, 0) is 10.0 Å². The topological polar surface area (TPSA) is 84.1 Å². The summed E-state index contributed by atoms with van der Waals surface area (Å²) in [4.78, 5) is 0. The molecule has 0 spiro atoms. The monoisotopic (exact) mass is 473 g/mol. The van der Waals surface area contributed by atoms with Crippen LogP contribution in [0, 0.1) is 17.2 Å². The molecule has 0 radical (unpaired) electrons. The first-order valence-corrected chi connectivity index (χ1v) is 12.5. The summed E-state index contributed by atoms with van der Waals surface area (Å²) in [5.41, 5.74) is 3.01. The number of alkyl halides is 2. The Bertz CT molecular complexity index is 1310. The van der Waals surface area contributed by atoms with Crippen molar-refractivity contribution in [2.24, 2.45) is 5.92 Å². The van der Waals surface area contributed by atoms with Crippen LogP contribution in [0.5, 0.6) is 5.75 Å². The lowest BCUT2D eigenvalue weighted by Crippen LogP contribution is -2.20. The number of ether oxygens (including phenoxy) is 1. The molecule has 6 nitrogen and oxygen atoms in total. The lowest BCUT2D eigenvalue weighted by molar-refractivity contribution is -0.0497. The number of benzene rings is 2. The average Bonchev–Trinajstić information content (AvgIpc) is 2.99. The number of nitrogens with one attached hydrogen (secondary N) is 1. The molecule has 0 atom stereocenters. The van der Waals surface area contributed by atoms with E-state index >= 15 is 0 Å². The first-order valence-electron chi connectivity index (χ1n) is 10.8. The molecule has 1 saturated carbocycles. The fourth-order valence-corrected chi connectivity index (χ4v) is 5.70. The summed E-state index contributed by atoms with van der Waals surface area (Å²) in [6.45, 7) is 0.738. The van der Waals surface area contributed by atoms with E-state index in [0.29, 0.717) is 27.8 Å². The maximum Gasteiger partial charge on any atom is 0.387 e. The highest BCUT2D eigenvalue weighted by molar-refractivity contribution is 7.92. The lowest BCUT2D eigenvalue weighted by Gasteiger charge is -2.30. The van der Waals surface area contributed by atoms with E-state index in [1.807, 2.05) is 18.4 Å². The summed E-state index contributed by atoms with van der Waals surface area (Å²) < 4.78 is 59.3. The van der Waals surface area contributed by atoms with E-state index < -0.39 is 16.6 Å². The Morgan fingerprint density at radius 3 is 2.42 bits per heavy atom. The number of rotatable bonds is 8. The first kappa shape index (κ1) is 23.1. The SMILES string of the molecule is CC(C)CS(=O)(=O)Nc1ccc(-c2c(C#N)c3ccc(OC(F)F)cc3n2C2CCC2)cc1. The van der Waals surface area contributed by atoms with Crippen molar-refractivity contribution in [3.05, 3.63) is 48.0 Å². The van der Waals surface area contributed by atoms with Gasteiger partial charge in [-0.15, -0.1) is 0 Å². The standard InChI is InChI=1S/C24H25F2N3O3S/c1-15(2)14-33(30,31)28-17-8-6-16(7-9-17)23-21(13-27)20-11-10-19(32-24(25)26)12-22(20)29(23)18-4-3-5-18/h6-12,15,18,24,28H,3-5,14H2,1-2H3. The normalized spacial score (nSPS) is 14.5. The molecule has 1 heterocycles. The summed E-state index contributed by atoms with van der Waals surface area (Å²) in [7, 11) is -3.46. The van der Waals surface area contributed by atoms with Crippen molar-refractivity contribution in [1.29, 1.82) is 5.26 Å². The van der Waals surface area contributed by atoms with Crippen molar-refractivity contribution >= 4 is 26.6 Å². The number of aromatic nitrogens is 1. The highest BCUT2D eigenvalue weighted by Gasteiger charge is 2.28. The van der Waals surface area contributed by atoms with Gasteiger partial charge < -0.3 is 9.30 Å². The summed E-state index contributed by atoms with van der Waals surface area (Å²) >= 11 is 0. The van der Waals surface area contributed by atoms with E-state index in [1.54, 1.807) is 36.4 Å². The number of nitriles is 1. The van der Waals surface area contributed by atoms with Crippen molar-refractivity contribution in [2.75, 3.05) is 10.5 Å². The molecule has 4 rings (SSSR count). The number of halogens is 2. The third-order valence-electron chi connectivity index (χ3n) is 5.74. The fourth-order valence-electron chi connectivity index (χ4n) is 4.24. The summed E-state index contributed by atoms with van der Waals surface area (Å²) in [6, 6.07) is 13.9. The third kappa shape index (κ3) is 4.81. The third-order valence-corrected chi connectivity index (χ3v) is 7.39. The molecule has 1 aliphatic carbocycles. The van der Waals surface area contributed by atoms with Gasteiger partial charge in [0.2, 0.25) is 10.0 Å². The van der Waals surface area contributed by atoms with Crippen LogP contribution in [0.15, 0.2) is 42.5 Å². The molecule has 1 aliphatic rings. The van der Waals surface area contributed by atoms with Crippen LogP contribution in [0.4, 0.5) is 14.5 Å². The smallest absolute Gasteiger partial charge is 0.387 e. The molecular formula is C24H25F2N3O3S. The Labute approximate surface area is 191 Å². The second kappa shape index (κ2) is 9.02. The second-order valence-electron chi connectivity index (χ2n) is 8.70. The summed E-state index contributed by atoms with van der Waals surface area (Å²) in [5.74, 6) is 0.0605. The molecule has 1 aromatic heterocycles. The Morgan fingerprint density at radius 2 is 1.88 bits per heavy atom. The van der Waals surface area contributed by atoms with Crippen molar-refractivity contribution in [3.8, 4) is 23.1 Å². The molecule has 1 N–H and O–H groups in total. The number of hydrogen-bond acceptors (Lipinski definition) is 4. The molecule has 0 unspecified atom stereocenters. The van der Waals surface area contributed by atoms with Gasteiger partial charge in [0.1, 0.15) is 11.8 Å². The Kier molecular flexibility index (Phi) is 6.30. The zero-order chi connectivity index (χ0) is 23.8. The number of anilines is 1. The highest BCUT2D eigenvalue weighted by atomic mass is 32.2. The van der Waals surface area contributed by atoms with Gasteiger partial charge in [-0.1, -0.05) is 26.0 Å². The molecular weight excluding hydrogens is 448 g/mol. The zero-order valence-electron chi connectivity index (χ0n) is 18.4. The summed E-state index contributed by atoms with van der Waals surface area (Å²) in [6.07, 6.45) is 2.90. The number of hydrogen-bond donors (Lipinski definition) is 1. The predicted molar refractivity (Wildman–Crippen MR) is 124 cm³/mol. The molecule has 174 valence electrons. The first-order chi connectivity index (χ1) is 15.7. The van der Waals surface area contributed by atoms with E-state index in [0.717, 1.165) is 24.8 Å². The van der Waals surface area contributed by atoms with Crippen LogP contribution in [-0.4, -0.2) is 25.3 Å². The highest BCUT2D eigenvalue weighted by Crippen LogP contribution is 2.43. The zero-order valence-corrected chi connectivity index (χ0v) is 19.2. The molecule has 9 heteroatoms. The second-order valence-corrected chi connectivity index (χ2v) is 10.5. The van der Waals surface area contributed by atoms with E-state index in [2.05, 4.69) is 15.5 Å². The van der Waals surface area contributed by atoms with Crippen molar-refractivity contribution in [1.82, 2.24) is 4.57 Å². The largest absolute Gasteiger partial charge is 0.435 e. The minimum Gasteiger partial charge on any atom is -0.435 e. The molecule has 0 saturated heterocycles. The molecule has 1 fully saturated rings. The van der Waals surface area contributed by atoms with Crippen LogP contribution in [0.2, 0.25) is 0 Å². The summed E-state index contributed by atoms with van der Waals surface area (Å²) in [5, 5.41) is 10.6. The number of nitrogens with zero attached hydrogens (tertiary/aromatic N) is 2. The van der Waals surface area contributed by atoms with Gasteiger partial charge in [-0.2, -0.15) is 14.0 Å². The lowest BCUT2D eigenvalue weighted by atomic mass is 9.92. The van der Waals surface area contributed by atoms with Crippen LogP contribution < -0.4 is 9.46 Å². The van der Waals surface area contributed by atoms with Gasteiger partial charge in [-0.3, -0.25) is 4.72 Å². The van der Waals surface area contributed by atoms with Gasteiger partial charge in [0.15, 0.2) is 0 Å². The van der Waals surface area contributed by atoms with Gasteiger partial charge in [-0.05, 0) is 55.0 Å². The van der Waals surface area contributed by atoms with Gasteiger partial charge in [0.05, 0.1) is 22.5 Å². The van der Waals surface area contributed by atoms with Gasteiger partial charge >= 0.3 is 6.61 Å². The molecule has 0 amide bonds. The molecule has 3 aromatic rings. The van der Waals surface area contributed by atoms with Gasteiger partial charge in [0, 0.05) is 23.2 Å². The average molecular weight is 474 g/mol. The Morgan fingerprint density at radius 1 is 1.18 bits per heavy atom. The van der Waals surface area contributed by atoms with Crippen molar-refractivity contribution < 1.29 is 21.9 Å². The maximum atomic E-state index is 12.8. The van der Waals surface area contributed by atoms with E-state index in [9.17, 15) is 22.5 Å². The van der Waals surface area contributed by atoms with Crippen LogP contribution in [0.25, 0.3) is 22.2 Å². The maximum absolute atomic E-state index is 12.8. The van der Waals surface area contributed by atoms with Crippen molar-refractivity contribution in [3.63, 3.8) is 0 Å². The van der Waals surface area contributed by atoms with E-state index in [4.69, 9.17) is 0 Å². The minimum atomic E-state index is -3.46. The quantitative estimate of drug-likeness (QED) is 0.441. The van der Waals surface area contributed by atoms with Crippen LogP contribution >= 0.6 is 0 Å². The number of fused-ring (bicyclic) bond motifs is 1. The van der Waals surface area contributed by atoms with E-state index in [1.165, 1.54) is 6.07 Å². The predicted octanol–water partition coefficient (Wildman–Crippen LogP) is 5.90. The van der Waals surface area contributed by atoms with Crippen molar-refractivity contribution in [2.45, 2.75) is 45.8 Å².